The van der Waals surface area contributed by atoms with E-state index in [1.54, 1.807) is 32.0 Å². The fourth-order valence-electron chi connectivity index (χ4n) is 3.34. The van der Waals surface area contributed by atoms with E-state index < -0.39 is 16.1 Å². The first-order chi connectivity index (χ1) is 13.6. The van der Waals surface area contributed by atoms with Crippen molar-refractivity contribution in [1.82, 2.24) is 5.32 Å². The van der Waals surface area contributed by atoms with Crippen LogP contribution in [0.25, 0.3) is 0 Å². The number of hydrogen-bond acceptors (Lipinski definition) is 3. The lowest BCUT2D eigenvalue weighted by atomic mass is 10.1. The van der Waals surface area contributed by atoms with Crippen LogP contribution in [0.4, 0.5) is 5.69 Å². The van der Waals surface area contributed by atoms with E-state index in [2.05, 4.69) is 30.4 Å². The molecule has 29 heavy (non-hydrogen) atoms. The van der Waals surface area contributed by atoms with Crippen molar-refractivity contribution in [1.29, 1.82) is 0 Å². The SMILES string of the molecule is CC[C@@H](C(=O)NCCCc1cccc(C)c1)N(c1cc(Cl)ccc1C)S(C)(=O)=O. The van der Waals surface area contributed by atoms with Gasteiger partial charge in [-0.05, 0) is 56.4 Å². The average molecular weight is 437 g/mol. The fraction of sp³-hybridized carbons (Fsp3) is 0.409. The molecule has 0 radical (unpaired) electrons. The van der Waals surface area contributed by atoms with Crippen molar-refractivity contribution < 1.29 is 13.2 Å². The lowest BCUT2D eigenvalue weighted by Gasteiger charge is -2.31. The average Bonchev–Trinajstić information content (AvgIpc) is 2.64. The third kappa shape index (κ3) is 6.47. The highest BCUT2D eigenvalue weighted by Gasteiger charge is 2.32. The Hall–Kier alpha value is -2.05. The van der Waals surface area contributed by atoms with E-state index in [-0.39, 0.29) is 5.91 Å². The topological polar surface area (TPSA) is 66.5 Å². The highest BCUT2D eigenvalue weighted by molar-refractivity contribution is 7.92. The molecule has 0 aliphatic heterocycles. The van der Waals surface area contributed by atoms with Crippen LogP contribution in [0.5, 0.6) is 0 Å². The Morgan fingerprint density at radius 1 is 1.17 bits per heavy atom. The van der Waals surface area contributed by atoms with Crippen molar-refractivity contribution in [3.63, 3.8) is 0 Å². The zero-order chi connectivity index (χ0) is 21.6. The first-order valence-electron chi connectivity index (χ1n) is 9.72. The van der Waals surface area contributed by atoms with Crippen LogP contribution in [-0.2, 0) is 21.2 Å². The second-order valence-electron chi connectivity index (χ2n) is 7.30. The summed E-state index contributed by atoms with van der Waals surface area (Å²) < 4.78 is 26.3. The van der Waals surface area contributed by atoms with Crippen LogP contribution >= 0.6 is 11.6 Å². The van der Waals surface area contributed by atoms with Gasteiger partial charge in [-0.1, -0.05) is 54.4 Å². The Balaban J connectivity index is 2.11. The summed E-state index contributed by atoms with van der Waals surface area (Å²) in [5, 5.41) is 3.32. The molecule has 2 aromatic carbocycles. The number of amides is 1. The summed E-state index contributed by atoms with van der Waals surface area (Å²) in [6.07, 6.45) is 3.09. The number of nitrogens with zero attached hydrogens (tertiary/aromatic N) is 1. The standard InChI is InChI=1S/C22H29ClN2O3S/c1-5-20(22(26)24-13-7-10-18-9-6-8-16(2)14-18)25(29(4,27)28)21-15-19(23)12-11-17(21)3/h6,8-9,11-12,14-15,20H,5,7,10,13H2,1-4H3,(H,24,26)/t20-/m0/s1. The minimum absolute atomic E-state index is 0.304. The maximum Gasteiger partial charge on any atom is 0.243 e. The van der Waals surface area contributed by atoms with E-state index in [9.17, 15) is 13.2 Å². The van der Waals surface area contributed by atoms with Crippen LogP contribution in [0.15, 0.2) is 42.5 Å². The zero-order valence-corrected chi connectivity index (χ0v) is 19.0. The largest absolute Gasteiger partial charge is 0.354 e. The van der Waals surface area contributed by atoms with Gasteiger partial charge >= 0.3 is 0 Å². The molecule has 1 N–H and O–H groups in total. The molecule has 0 heterocycles. The van der Waals surface area contributed by atoms with Crippen LogP contribution in [-0.4, -0.2) is 33.2 Å². The van der Waals surface area contributed by atoms with E-state index in [4.69, 9.17) is 11.6 Å². The predicted molar refractivity (Wildman–Crippen MR) is 120 cm³/mol. The third-order valence-electron chi connectivity index (χ3n) is 4.76. The summed E-state index contributed by atoms with van der Waals surface area (Å²) in [7, 11) is -3.68. The van der Waals surface area contributed by atoms with Crippen LogP contribution in [0.1, 0.15) is 36.5 Å². The van der Waals surface area contributed by atoms with Gasteiger partial charge in [-0.2, -0.15) is 0 Å². The first-order valence-corrected chi connectivity index (χ1v) is 11.9. The van der Waals surface area contributed by atoms with Gasteiger partial charge in [0.05, 0.1) is 11.9 Å². The molecule has 1 atom stereocenters. The third-order valence-corrected chi connectivity index (χ3v) is 6.16. The molecule has 0 aromatic heterocycles. The molecule has 0 aliphatic rings. The molecule has 0 fully saturated rings. The quantitative estimate of drug-likeness (QED) is 0.597. The minimum Gasteiger partial charge on any atom is -0.354 e. The van der Waals surface area contributed by atoms with Gasteiger partial charge in [-0.25, -0.2) is 8.42 Å². The van der Waals surface area contributed by atoms with Crippen LogP contribution in [0, 0.1) is 13.8 Å². The molecule has 0 spiro atoms. The van der Waals surface area contributed by atoms with Gasteiger partial charge in [0.2, 0.25) is 15.9 Å². The molecule has 1 amide bonds. The number of sulfonamides is 1. The van der Waals surface area contributed by atoms with Gasteiger partial charge in [0.1, 0.15) is 6.04 Å². The summed E-state index contributed by atoms with van der Waals surface area (Å²) >= 11 is 6.09. The Kier molecular flexibility index (Phi) is 8.11. The van der Waals surface area contributed by atoms with Crippen molar-refractivity contribution in [2.75, 3.05) is 17.1 Å². The smallest absolute Gasteiger partial charge is 0.243 e. The maximum absolute atomic E-state index is 12.8. The van der Waals surface area contributed by atoms with Crippen molar-refractivity contribution in [3.8, 4) is 0 Å². The summed E-state index contributed by atoms with van der Waals surface area (Å²) in [4.78, 5) is 12.8. The molecule has 2 aromatic rings. The van der Waals surface area contributed by atoms with Crippen LogP contribution < -0.4 is 9.62 Å². The number of anilines is 1. The molecule has 0 saturated heterocycles. The Morgan fingerprint density at radius 2 is 1.90 bits per heavy atom. The Bertz CT molecular complexity index is 960. The van der Waals surface area contributed by atoms with E-state index >= 15 is 0 Å². The summed E-state index contributed by atoms with van der Waals surface area (Å²) in [6.45, 7) is 6.13. The van der Waals surface area contributed by atoms with E-state index in [1.807, 2.05) is 6.07 Å². The number of halogens is 1. The molecule has 0 aliphatic carbocycles. The maximum atomic E-state index is 12.8. The predicted octanol–water partition coefficient (Wildman–Crippen LogP) is 4.25. The molecule has 0 unspecified atom stereocenters. The molecule has 2 rings (SSSR count). The Morgan fingerprint density at radius 3 is 2.52 bits per heavy atom. The molecule has 5 nitrogen and oxygen atoms in total. The van der Waals surface area contributed by atoms with Gasteiger partial charge in [-0.3, -0.25) is 9.10 Å². The first kappa shape index (κ1) is 23.2. The number of rotatable bonds is 9. The van der Waals surface area contributed by atoms with Crippen LogP contribution in [0.2, 0.25) is 5.02 Å². The second-order valence-corrected chi connectivity index (χ2v) is 9.59. The monoisotopic (exact) mass is 436 g/mol. The number of aryl methyl sites for hydroxylation is 3. The summed E-state index contributed by atoms with van der Waals surface area (Å²) in [5.74, 6) is -0.304. The lowest BCUT2D eigenvalue weighted by molar-refractivity contribution is -0.122. The van der Waals surface area contributed by atoms with Crippen molar-refractivity contribution in [3.05, 3.63) is 64.2 Å². The number of nitrogens with one attached hydrogen (secondary N) is 1. The second kappa shape index (κ2) is 10.1. The molecular formula is C22H29ClN2O3S. The zero-order valence-electron chi connectivity index (χ0n) is 17.4. The van der Waals surface area contributed by atoms with Crippen molar-refractivity contribution >= 4 is 33.2 Å². The van der Waals surface area contributed by atoms with Gasteiger partial charge in [-0.15, -0.1) is 0 Å². The highest BCUT2D eigenvalue weighted by Crippen LogP contribution is 2.29. The van der Waals surface area contributed by atoms with Gasteiger partial charge < -0.3 is 5.32 Å². The molecule has 7 heteroatoms. The van der Waals surface area contributed by atoms with Crippen molar-refractivity contribution in [2.24, 2.45) is 0 Å². The lowest BCUT2D eigenvalue weighted by Crippen LogP contribution is -2.49. The molecule has 158 valence electrons. The Labute approximate surface area is 179 Å². The van der Waals surface area contributed by atoms with E-state index in [1.165, 1.54) is 15.4 Å². The van der Waals surface area contributed by atoms with Gasteiger partial charge in [0.25, 0.3) is 0 Å². The normalized spacial score (nSPS) is 12.4. The number of hydrogen-bond donors (Lipinski definition) is 1. The molecule has 0 saturated carbocycles. The van der Waals surface area contributed by atoms with Crippen molar-refractivity contribution in [2.45, 2.75) is 46.1 Å². The summed E-state index contributed by atoms with van der Waals surface area (Å²) in [5.41, 5.74) is 3.60. The van der Waals surface area contributed by atoms with Crippen LogP contribution in [0.3, 0.4) is 0 Å². The summed E-state index contributed by atoms with van der Waals surface area (Å²) in [6, 6.07) is 12.5. The fourth-order valence-corrected chi connectivity index (χ4v) is 4.77. The number of benzene rings is 2. The van der Waals surface area contributed by atoms with E-state index in [0.29, 0.717) is 23.7 Å². The van der Waals surface area contributed by atoms with Gasteiger partial charge in [0.15, 0.2) is 0 Å². The number of carbonyl (C=O) groups excluding carboxylic acids is 1. The van der Waals surface area contributed by atoms with E-state index in [0.717, 1.165) is 24.7 Å². The minimum atomic E-state index is -3.68. The molecule has 0 bridgehead atoms. The highest BCUT2D eigenvalue weighted by atomic mass is 35.5. The number of carbonyl (C=O) groups is 1. The van der Waals surface area contributed by atoms with Gasteiger partial charge in [0, 0.05) is 11.6 Å². The molecular weight excluding hydrogens is 408 g/mol.